The first-order valence-electron chi connectivity index (χ1n) is 7.71. The van der Waals surface area contributed by atoms with Crippen molar-refractivity contribution in [1.82, 2.24) is 0 Å². The highest BCUT2D eigenvalue weighted by molar-refractivity contribution is 7.89. The third-order valence-electron chi connectivity index (χ3n) is 3.64. The summed E-state index contributed by atoms with van der Waals surface area (Å²) in [5.41, 5.74) is 6.16. The molecule has 0 aliphatic rings. The van der Waals surface area contributed by atoms with Crippen LogP contribution in [0.4, 0.5) is 5.69 Å². The van der Waals surface area contributed by atoms with E-state index in [4.69, 9.17) is 16.7 Å². The van der Waals surface area contributed by atoms with E-state index in [1.807, 2.05) is 42.5 Å². The molecular weight excluding hydrogens is 370 g/mol. The van der Waals surface area contributed by atoms with E-state index in [0.29, 0.717) is 10.7 Å². The number of halogens is 1. The Hall–Kier alpha value is -2.67. The van der Waals surface area contributed by atoms with Crippen LogP contribution in [0.25, 0.3) is 0 Å². The van der Waals surface area contributed by atoms with Crippen LogP contribution >= 0.6 is 11.6 Å². The standard InChI is InChI=1S/C19H16ClN3O2S/c20-16-8-6-15(7-9-16)19(14-4-2-1-3-5-14)23-22-17-10-12-18(13-11-17)26(21,24)25/h1-13,22H,(H2,21,24,25)/b23-19-. The largest absolute Gasteiger partial charge is 0.278 e. The van der Waals surface area contributed by atoms with Gasteiger partial charge in [-0.2, -0.15) is 5.10 Å². The van der Waals surface area contributed by atoms with E-state index in [0.717, 1.165) is 16.8 Å². The number of primary sulfonamides is 1. The number of hydrogen-bond donors (Lipinski definition) is 2. The van der Waals surface area contributed by atoms with Crippen molar-refractivity contribution >= 4 is 33.0 Å². The summed E-state index contributed by atoms with van der Waals surface area (Å²) in [6, 6.07) is 23.2. The van der Waals surface area contributed by atoms with E-state index in [1.54, 1.807) is 24.3 Å². The van der Waals surface area contributed by atoms with Gasteiger partial charge in [0.1, 0.15) is 0 Å². The Bertz CT molecular complexity index is 1020. The van der Waals surface area contributed by atoms with Crippen LogP contribution in [0.3, 0.4) is 0 Å². The van der Waals surface area contributed by atoms with E-state index in [1.165, 1.54) is 12.1 Å². The lowest BCUT2D eigenvalue weighted by Gasteiger charge is -2.09. The van der Waals surface area contributed by atoms with Crippen molar-refractivity contribution in [3.63, 3.8) is 0 Å². The monoisotopic (exact) mass is 385 g/mol. The van der Waals surface area contributed by atoms with E-state index < -0.39 is 10.0 Å². The Morgan fingerprint density at radius 1 is 0.846 bits per heavy atom. The van der Waals surface area contributed by atoms with Gasteiger partial charge in [0, 0.05) is 16.1 Å². The van der Waals surface area contributed by atoms with Gasteiger partial charge in [-0.15, -0.1) is 0 Å². The second-order valence-electron chi connectivity index (χ2n) is 5.51. The highest BCUT2D eigenvalue weighted by Gasteiger charge is 2.08. The Balaban J connectivity index is 1.93. The second kappa shape index (κ2) is 7.70. The molecule has 3 rings (SSSR count). The molecule has 0 radical (unpaired) electrons. The fourth-order valence-electron chi connectivity index (χ4n) is 2.34. The van der Waals surface area contributed by atoms with Crippen molar-refractivity contribution < 1.29 is 8.42 Å². The number of nitrogens with one attached hydrogen (secondary N) is 1. The van der Waals surface area contributed by atoms with Gasteiger partial charge in [0.25, 0.3) is 0 Å². The fraction of sp³-hybridized carbons (Fsp3) is 0. The van der Waals surface area contributed by atoms with Gasteiger partial charge in [-0.1, -0.05) is 54.1 Å². The summed E-state index contributed by atoms with van der Waals surface area (Å²) in [5.74, 6) is 0. The Morgan fingerprint density at radius 3 is 2.00 bits per heavy atom. The third-order valence-corrected chi connectivity index (χ3v) is 4.83. The maximum absolute atomic E-state index is 11.3. The van der Waals surface area contributed by atoms with Crippen molar-refractivity contribution in [2.24, 2.45) is 10.2 Å². The molecule has 26 heavy (non-hydrogen) atoms. The minimum absolute atomic E-state index is 0.0491. The van der Waals surface area contributed by atoms with Crippen LogP contribution in [-0.2, 0) is 10.0 Å². The quantitative estimate of drug-likeness (QED) is 0.516. The van der Waals surface area contributed by atoms with E-state index in [-0.39, 0.29) is 4.90 Å². The fourth-order valence-corrected chi connectivity index (χ4v) is 2.98. The summed E-state index contributed by atoms with van der Waals surface area (Å²) in [6.07, 6.45) is 0. The minimum Gasteiger partial charge on any atom is -0.278 e. The van der Waals surface area contributed by atoms with Crippen LogP contribution in [0.15, 0.2) is 88.9 Å². The van der Waals surface area contributed by atoms with Crippen molar-refractivity contribution in [2.45, 2.75) is 4.90 Å². The number of benzene rings is 3. The summed E-state index contributed by atoms with van der Waals surface area (Å²) in [5, 5.41) is 10.3. The first kappa shape index (κ1) is 18.1. The van der Waals surface area contributed by atoms with E-state index >= 15 is 0 Å². The summed E-state index contributed by atoms with van der Waals surface area (Å²) < 4.78 is 22.7. The first-order valence-corrected chi connectivity index (χ1v) is 9.64. The normalized spacial score (nSPS) is 12.0. The van der Waals surface area contributed by atoms with Gasteiger partial charge in [0.05, 0.1) is 16.3 Å². The van der Waals surface area contributed by atoms with Gasteiger partial charge in [0.15, 0.2) is 0 Å². The molecule has 3 aromatic carbocycles. The number of sulfonamides is 1. The molecule has 0 aromatic heterocycles. The highest BCUT2D eigenvalue weighted by Crippen LogP contribution is 2.17. The lowest BCUT2D eigenvalue weighted by Crippen LogP contribution is -2.12. The molecule has 0 aliphatic carbocycles. The molecule has 7 heteroatoms. The summed E-state index contributed by atoms with van der Waals surface area (Å²) >= 11 is 5.97. The van der Waals surface area contributed by atoms with Gasteiger partial charge in [-0.05, 0) is 36.4 Å². The lowest BCUT2D eigenvalue weighted by atomic mass is 10.0. The molecule has 0 bridgehead atoms. The SMILES string of the molecule is NS(=O)(=O)c1ccc(N/N=C(/c2ccccc2)c2ccc(Cl)cc2)cc1. The Kier molecular flexibility index (Phi) is 5.37. The highest BCUT2D eigenvalue weighted by atomic mass is 35.5. The number of hydrogen-bond acceptors (Lipinski definition) is 4. The molecule has 3 N–H and O–H groups in total. The van der Waals surface area contributed by atoms with Crippen LogP contribution in [-0.4, -0.2) is 14.1 Å². The number of nitrogens with two attached hydrogens (primary N) is 1. The van der Waals surface area contributed by atoms with Gasteiger partial charge < -0.3 is 0 Å². The summed E-state index contributed by atoms with van der Waals surface area (Å²) in [7, 11) is -3.72. The average molecular weight is 386 g/mol. The van der Waals surface area contributed by atoms with Gasteiger partial charge in [-0.3, -0.25) is 5.43 Å². The predicted octanol–water partition coefficient (Wildman–Crippen LogP) is 3.85. The summed E-state index contributed by atoms with van der Waals surface area (Å²) in [4.78, 5) is 0.0491. The molecule has 0 aliphatic heterocycles. The van der Waals surface area contributed by atoms with Gasteiger partial charge >= 0.3 is 0 Å². The van der Waals surface area contributed by atoms with Crippen molar-refractivity contribution in [3.8, 4) is 0 Å². The minimum atomic E-state index is -3.72. The topological polar surface area (TPSA) is 84.5 Å². The average Bonchev–Trinajstić information content (AvgIpc) is 2.64. The Morgan fingerprint density at radius 2 is 1.42 bits per heavy atom. The molecule has 0 atom stereocenters. The van der Waals surface area contributed by atoms with Crippen LogP contribution < -0.4 is 10.6 Å². The van der Waals surface area contributed by atoms with Crippen molar-refractivity contribution in [3.05, 3.63) is 95.0 Å². The molecular formula is C19H16ClN3O2S. The summed E-state index contributed by atoms with van der Waals surface area (Å²) in [6.45, 7) is 0. The molecule has 0 saturated carbocycles. The van der Waals surface area contributed by atoms with Crippen LogP contribution in [0, 0.1) is 0 Å². The second-order valence-corrected chi connectivity index (χ2v) is 7.51. The maximum Gasteiger partial charge on any atom is 0.238 e. The van der Waals surface area contributed by atoms with Crippen LogP contribution in [0.2, 0.25) is 5.02 Å². The number of hydrazone groups is 1. The molecule has 3 aromatic rings. The van der Waals surface area contributed by atoms with Crippen LogP contribution in [0.5, 0.6) is 0 Å². The molecule has 0 heterocycles. The molecule has 0 spiro atoms. The zero-order chi connectivity index (χ0) is 18.6. The predicted molar refractivity (Wildman–Crippen MR) is 105 cm³/mol. The zero-order valence-electron chi connectivity index (χ0n) is 13.6. The van der Waals surface area contributed by atoms with Gasteiger partial charge in [0.2, 0.25) is 10.0 Å². The molecule has 0 unspecified atom stereocenters. The van der Waals surface area contributed by atoms with Gasteiger partial charge in [-0.25, -0.2) is 13.6 Å². The Labute approximate surface area is 157 Å². The molecule has 0 fully saturated rings. The van der Waals surface area contributed by atoms with E-state index in [9.17, 15) is 8.42 Å². The third kappa shape index (κ3) is 4.49. The van der Waals surface area contributed by atoms with E-state index in [2.05, 4.69) is 10.5 Å². The lowest BCUT2D eigenvalue weighted by molar-refractivity contribution is 0.598. The van der Waals surface area contributed by atoms with Crippen molar-refractivity contribution in [1.29, 1.82) is 0 Å². The number of nitrogens with zero attached hydrogens (tertiary/aromatic N) is 1. The van der Waals surface area contributed by atoms with Crippen molar-refractivity contribution in [2.75, 3.05) is 5.43 Å². The molecule has 5 nitrogen and oxygen atoms in total. The smallest absolute Gasteiger partial charge is 0.238 e. The first-order chi connectivity index (χ1) is 12.4. The maximum atomic E-state index is 11.3. The number of rotatable bonds is 5. The zero-order valence-corrected chi connectivity index (χ0v) is 15.2. The molecule has 0 amide bonds. The molecule has 132 valence electrons. The number of anilines is 1. The van der Waals surface area contributed by atoms with Crippen LogP contribution in [0.1, 0.15) is 11.1 Å². The molecule has 0 saturated heterocycles.